The largest absolute Gasteiger partial charge is 0.493 e. The summed E-state index contributed by atoms with van der Waals surface area (Å²) in [5.41, 5.74) is 0.0258. The zero-order chi connectivity index (χ0) is 20.4. The SMILES string of the molecule is COc1ccc(N2CC(C(=O)Nc3ccc(F)c(F)c3F)CC2=O)cc1OC. The van der Waals surface area contributed by atoms with E-state index in [2.05, 4.69) is 5.32 Å². The Balaban J connectivity index is 1.75. The maximum atomic E-state index is 13.8. The molecule has 1 heterocycles. The Morgan fingerprint density at radius 3 is 2.46 bits per heavy atom. The maximum Gasteiger partial charge on any atom is 0.229 e. The minimum Gasteiger partial charge on any atom is -0.493 e. The van der Waals surface area contributed by atoms with E-state index in [4.69, 9.17) is 9.47 Å². The minimum absolute atomic E-state index is 0.0471. The molecule has 1 fully saturated rings. The van der Waals surface area contributed by atoms with Crippen LogP contribution in [0.15, 0.2) is 30.3 Å². The molecule has 1 N–H and O–H groups in total. The summed E-state index contributed by atoms with van der Waals surface area (Å²) in [6.45, 7) is 0.0471. The second-order valence-corrected chi connectivity index (χ2v) is 6.16. The topological polar surface area (TPSA) is 67.9 Å². The molecule has 1 saturated heterocycles. The molecule has 0 aliphatic carbocycles. The lowest BCUT2D eigenvalue weighted by atomic mass is 10.1. The molecular weight excluding hydrogens is 377 g/mol. The van der Waals surface area contributed by atoms with Crippen LogP contribution in [0, 0.1) is 23.4 Å². The van der Waals surface area contributed by atoms with Crippen LogP contribution in [0.4, 0.5) is 24.5 Å². The van der Waals surface area contributed by atoms with Gasteiger partial charge in [-0.1, -0.05) is 0 Å². The van der Waals surface area contributed by atoms with Crippen molar-refractivity contribution in [2.24, 2.45) is 5.92 Å². The van der Waals surface area contributed by atoms with Gasteiger partial charge in [0.05, 0.1) is 25.8 Å². The monoisotopic (exact) mass is 394 g/mol. The Morgan fingerprint density at radius 2 is 1.79 bits per heavy atom. The van der Waals surface area contributed by atoms with Crippen molar-refractivity contribution in [1.29, 1.82) is 0 Å². The van der Waals surface area contributed by atoms with E-state index in [1.54, 1.807) is 18.2 Å². The number of nitrogens with one attached hydrogen (secondary N) is 1. The molecule has 1 aliphatic heterocycles. The van der Waals surface area contributed by atoms with Gasteiger partial charge in [0.15, 0.2) is 29.0 Å². The Bertz CT molecular complexity index is 936. The molecule has 1 atom stereocenters. The first-order chi connectivity index (χ1) is 13.3. The molecule has 6 nitrogen and oxygen atoms in total. The molecule has 0 saturated carbocycles. The number of rotatable bonds is 5. The third kappa shape index (κ3) is 3.60. The average Bonchev–Trinajstić information content (AvgIpc) is 3.09. The summed E-state index contributed by atoms with van der Waals surface area (Å²) >= 11 is 0. The standard InChI is InChI=1S/C19H17F3N2O4/c1-27-14-6-3-11(8-15(14)28-2)24-9-10(7-16(24)25)19(26)23-13-5-4-12(20)17(21)18(13)22/h3-6,8,10H,7,9H2,1-2H3,(H,23,26). The van der Waals surface area contributed by atoms with Crippen molar-refractivity contribution < 1.29 is 32.2 Å². The zero-order valence-corrected chi connectivity index (χ0v) is 15.1. The number of ether oxygens (including phenoxy) is 2. The van der Waals surface area contributed by atoms with E-state index in [1.165, 1.54) is 19.1 Å². The fourth-order valence-electron chi connectivity index (χ4n) is 2.98. The van der Waals surface area contributed by atoms with Crippen molar-refractivity contribution in [1.82, 2.24) is 0 Å². The number of carbonyl (C=O) groups excluding carboxylic acids is 2. The molecule has 3 rings (SSSR count). The molecule has 2 amide bonds. The fraction of sp³-hybridized carbons (Fsp3) is 0.263. The smallest absolute Gasteiger partial charge is 0.229 e. The highest BCUT2D eigenvalue weighted by Crippen LogP contribution is 2.34. The number of amides is 2. The number of methoxy groups -OCH3 is 2. The number of hydrogen-bond acceptors (Lipinski definition) is 4. The van der Waals surface area contributed by atoms with Crippen molar-refractivity contribution in [2.75, 3.05) is 31.0 Å². The predicted octanol–water partition coefficient (Wildman–Crippen LogP) is 3.11. The maximum absolute atomic E-state index is 13.8. The van der Waals surface area contributed by atoms with Crippen molar-refractivity contribution in [3.05, 3.63) is 47.8 Å². The fourth-order valence-corrected chi connectivity index (χ4v) is 2.98. The summed E-state index contributed by atoms with van der Waals surface area (Å²) < 4.78 is 50.4. The first-order valence-corrected chi connectivity index (χ1v) is 8.32. The third-order valence-electron chi connectivity index (χ3n) is 4.47. The van der Waals surface area contributed by atoms with Crippen molar-refractivity contribution >= 4 is 23.2 Å². The van der Waals surface area contributed by atoms with E-state index in [1.807, 2.05) is 0 Å². The number of carbonyl (C=O) groups is 2. The van der Waals surface area contributed by atoms with E-state index in [0.29, 0.717) is 23.3 Å². The van der Waals surface area contributed by atoms with Crippen LogP contribution in [-0.4, -0.2) is 32.6 Å². The van der Waals surface area contributed by atoms with Crippen LogP contribution in [0.1, 0.15) is 6.42 Å². The Morgan fingerprint density at radius 1 is 1.07 bits per heavy atom. The highest BCUT2D eigenvalue weighted by molar-refractivity contribution is 6.03. The van der Waals surface area contributed by atoms with Gasteiger partial charge >= 0.3 is 0 Å². The first-order valence-electron chi connectivity index (χ1n) is 8.32. The van der Waals surface area contributed by atoms with Crippen LogP contribution in [0.3, 0.4) is 0 Å². The van der Waals surface area contributed by atoms with Crippen LogP contribution >= 0.6 is 0 Å². The van der Waals surface area contributed by atoms with Crippen LogP contribution in [0.25, 0.3) is 0 Å². The summed E-state index contributed by atoms with van der Waals surface area (Å²) in [6, 6.07) is 6.52. The predicted molar refractivity (Wildman–Crippen MR) is 95.0 cm³/mol. The molecule has 2 aromatic carbocycles. The molecule has 9 heteroatoms. The van der Waals surface area contributed by atoms with E-state index < -0.39 is 35.0 Å². The summed E-state index contributed by atoms with van der Waals surface area (Å²) in [7, 11) is 2.94. The van der Waals surface area contributed by atoms with E-state index in [-0.39, 0.29) is 18.9 Å². The average molecular weight is 394 g/mol. The quantitative estimate of drug-likeness (QED) is 0.792. The van der Waals surface area contributed by atoms with E-state index in [0.717, 1.165) is 6.07 Å². The molecule has 0 aromatic heterocycles. The lowest BCUT2D eigenvalue weighted by Crippen LogP contribution is -2.28. The van der Waals surface area contributed by atoms with Gasteiger partial charge in [-0.05, 0) is 24.3 Å². The molecule has 1 aliphatic rings. The Labute approximate surface area is 158 Å². The molecular formula is C19H17F3N2O4. The van der Waals surface area contributed by atoms with Crippen molar-refractivity contribution in [3.8, 4) is 11.5 Å². The number of hydrogen-bond donors (Lipinski definition) is 1. The van der Waals surface area contributed by atoms with Crippen molar-refractivity contribution in [3.63, 3.8) is 0 Å². The summed E-state index contributed by atoms with van der Waals surface area (Å²) in [5.74, 6) is -5.37. The molecule has 148 valence electrons. The second-order valence-electron chi connectivity index (χ2n) is 6.16. The normalized spacial score (nSPS) is 16.2. The van der Waals surface area contributed by atoms with Gasteiger partial charge in [-0.2, -0.15) is 0 Å². The summed E-state index contributed by atoms with van der Waals surface area (Å²) in [6.07, 6.45) is -0.106. The molecule has 2 aromatic rings. The van der Waals surface area contributed by atoms with Gasteiger partial charge in [0.2, 0.25) is 11.8 Å². The van der Waals surface area contributed by atoms with Gasteiger partial charge in [0.25, 0.3) is 0 Å². The van der Waals surface area contributed by atoms with Gasteiger partial charge in [-0.15, -0.1) is 0 Å². The molecule has 28 heavy (non-hydrogen) atoms. The van der Waals surface area contributed by atoms with Gasteiger partial charge in [-0.3, -0.25) is 9.59 Å². The van der Waals surface area contributed by atoms with Crippen LogP contribution in [-0.2, 0) is 9.59 Å². The molecule has 1 unspecified atom stereocenters. The molecule has 0 bridgehead atoms. The third-order valence-corrected chi connectivity index (χ3v) is 4.47. The Hall–Kier alpha value is -3.23. The lowest BCUT2D eigenvalue weighted by molar-refractivity contribution is -0.122. The second kappa shape index (κ2) is 7.79. The number of nitrogens with zero attached hydrogens (tertiary/aromatic N) is 1. The number of halogens is 3. The Kier molecular flexibility index (Phi) is 5.43. The van der Waals surface area contributed by atoms with Gasteiger partial charge in [-0.25, -0.2) is 13.2 Å². The minimum atomic E-state index is -1.67. The number of benzene rings is 2. The van der Waals surface area contributed by atoms with E-state index in [9.17, 15) is 22.8 Å². The highest BCUT2D eigenvalue weighted by Gasteiger charge is 2.36. The van der Waals surface area contributed by atoms with Crippen LogP contribution < -0.4 is 19.7 Å². The zero-order valence-electron chi connectivity index (χ0n) is 15.1. The van der Waals surface area contributed by atoms with Crippen LogP contribution in [0.5, 0.6) is 11.5 Å². The van der Waals surface area contributed by atoms with Gasteiger partial charge < -0.3 is 19.7 Å². The van der Waals surface area contributed by atoms with Gasteiger partial charge in [0, 0.05) is 24.7 Å². The molecule has 0 spiro atoms. The lowest BCUT2D eigenvalue weighted by Gasteiger charge is -2.18. The van der Waals surface area contributed by atoms with E-state index >= 15 is 0 Å². The first kappa shape index (κ1) is 19.5. The van der Waals surface area contributed by atoms with Crippen molar-refractivity contribution in [2.45, 2.75) is 6.42 Å². The van der Waals surface area contributed by atoms with Crippen LogP contribution in [0.2, 0.25) is 0 Å². The summed E-state index contributed by atoms with van der Waals surface area (Å²) in [5, 5.41) is 2.21. The van der Waals surface area contributed by atoms with Gasteiger partial charge in [0.1, 0.15) is 0 Å². The molecule has 0 radical (unpaired) electrons. The highest BCUT2D eigenvalue weighted by atomic mass is 19.2. The summed E-state index contributed by atoms with van der Waals surface area (Å²) in [4.78, 5) is 26.1. The number of anilines is 2.